The van der Waals surface area contributed by atoms with Gasteiger partial charge in [-0.1, -0.05) is 99.3 Å². The van der Waals surface area contributed by atoms with Crippen LogP contribution in [-0.4, -0.2) is 12.6 Å². The maximum absolute atomic E-state index is 12.7. The molecule has 0 aromatic heterocycles. The summed E-state index contributed by atoms with van der Waals surface area (Å²) < 4.78 is 5.67. The van der Waals surface area contributed by atoms with Crippen LogP contribution in [0.2, 0.25) is 0 Å². The van der Waals surface area contributed by atoms with E-state index in [1.807, 2.05) is 0 Å². The fraction of sp³-hybridized carbons (Fsp3) is 0.957. The van der Waals surface area contributed by atoms with Gasteiger partial charge in [0.25, 0.3) is 0 Å². The van der Waals surface area contributed by atoms with Crippen LogP contribution in [0, 0.1) is 16.7 Å². The van der Waals surface area contributed by atoms with E-state index >= 15 is 0 Å². The second-order valence-corrected chi connectivity index (χ2v) is 9.50. The Morgan fingerprint density at radius 2 is 1.24 bits per heavy atom. The first kappa shape index (κ1) is 24.5. The first-order valence-corrected chi connectivity index (χ1v) is 10.8. The highest BCUT2D eigenvalue weighted by molar-refractivity contribution is 5.77. The van der Waals surface area contributed by atoms with Crippen molar-refractivity contribution in [1.29, 1.82) is 0 Å². The summed E-state index contributed by atoms with van der Waals surface area (Å²) in [5.74, 6) is 0.485. The lowest BCUT2D eigenvalue weighted by Gasteiger charge is -2.40. The zero-order valence-corrected chi connectivity index (χ0v) is 18.4. The van der Waals surface area contributed by atoms with E-state index < -0.39 is 5.41 Å². The number of unbranched alkanes of at least 4 members (excludes halogenated alkanes) is 9. The molecule has 2 heteroatoms. The number of hydrogen-bond donors (Lipinski definition) is 0. The molecule has 0 spiro atoms. The van der Waals surface area contributed by atoms with Gasteiger partial charge in [0.05, 0.1) is 12.0 Å². The molecule has 0 saturated carbocycles. The zero-order chi connectivity index (χ0) is 19.3. The fourth-order valence-electron chi connectivity index (χ4n) is 3.43. The molecule has 0 aliphatic carbocycles. The largest absolute Gasteiger partial charge is 0.465 e. The van der Waals surface area contributed by atoms with Crippen LogP contribution in [0.5, 0.6) is 0 Å². The van der Waals surface area contributed by atoms with E-state index in [1.165, 1.54) is 57.8 Å². The minimum absolute atomic E-state index is 0.00961. The minimum atomic E-state index is -0.403. The van der Waals surface area contributed by atoms with Crippen molar-refractivity contribution in [3.05, 3.63) is 0 Å². The molecule has 0 aliphatic heterocycles. The Hall–Kier alpha value is -0.530. The Labute approximate surface area is 158 Å². The number of hydrogen-bond acceptors (Lipinski definition) is 2. The Morgan fingerprint density at radius 3 is 1.64 bits per heavy atom. The van der Waals surface area contributed by atoms with E-state index in [1.54, 1.807) is 0 Å². The molecule has 1 atom stereocenters. The fourth-order valence-corrected chi connectivity index (χ4v) is 3.43. The average molecular weight is 355 g/mol. The Balaban J connectivity index is 3.90. The van der Waals surface area contributed by atoms with Gasteiger partial charge in [0.1, 0.15) is 0 Å². The number of carbonyl (C=O) groups is 1. The van der Waals surface area contributed by atoms with Crippen LogP contribution in [0.3, 0.4) is 0 Å². The number of rotatable bonds is 14. The highest BCUT2D eigenvalue weighted by Gasteiger charge is 2.45. The summed E-state index contributed by atoms with van der Waals surface area (Å²) in [6.45, 7) is 15.7. The van der Waals surface area contributed by atoms with Gasteiger partial charge in [0.2, 0.25) is 0 Å². The number of esters is 1. The van der Waals surface area contributed by atoms with Gasteiger partial charge in [-0.3, -0.25) is 4.79 Å². The summed E-state index contributed by atoms with van der Waals surface area (Å²) in [6.07, 6.45) is 13.9. The van der Waals surface area contributed by atoms with Crippen molar-refractivity contribution < 1.29 is 9.53 Å². The van der Waals surface area contributed by atoms with E-state index in [9.17, 15) is 4.79 Å². The third-order valence-corrected chi connectivity index (χ3v) is 5.65. The van der Waals surface area contributed by atoms with Crippen LogP contribution in [0.25, 0.3) is 0 Å². The molecule has 0 aliphatic rings. The third-order valence-electron chi connectivity index (χ3n) is 5.65. The van der Waals surface area contributed by atoms with Crippen molar-refractivity contribution in [2.75, 3.05) is 6.61 Å². The summed E-state index contributed by atoms with van der Waals surface area (Å²) in [4.78, 5) is 12.7. The van der Waals surface area contributed by atoms with Gasteiger partial charge in [-0.15, -0.1) is 0 Å². The second kappa shape index (κ2) is 12.8. The van der Waals surface area contributed by atoms with E-state index in [4.69, 9.17) is 4.74 Å². The van der Waals surface area contributed by atoms with Crippen molar-refractivity contribution in [3.63, 3.8) is 0 Å². The van der Waals surface area contributed by atoms with Crippen molar-refractivity contribution in [3.8, 4) is 0 Å². The van der Waals surface area contributed by atoms with Crippen LogP contribution in [-0.2, 0) is 9.53 Å². The normalized spacial score (nSPS) is 14.6. The highest BCUT2D eigenvalue weighted by atomic mass is 16.5. The lowest BCUT2D eigenvalue weighted by Crippen LogP contribution is -2.42. The molecule has 0 heterocycles. The maximum atomic E-state index is 12.7. The summed E-state index contributed by atoms with van der Waals surface area (Å²) in [6, 6.07) is 0. The SMILES string of the molecule is CCCCCCCCCCCCOC(=O)C(C)(CC(C)C)C(C)(C)C. The molecule has 0 N–H and O–H groups in total. The standard InChI is InChI=1S/C23H46O2/c1-8-9-10-11-12-13-14-15-16-17-18-25-21(24)23(7,19-20(2)3)22(4,5)6/h20H,8-19H2,1-7H3. The molecule has 0 radical (unpaired) electrons. The summed E-state index contributed by atoms with van der Waals surface area (Å²) >= 11 is 0. The van der Waals surface area contributed by atoms with Crippen LogP contribution in [0.15, 0.2) is 0 Å². The molecular weight excluding hydrogens is 308 g/mol. The molecule has 1 unspecified atom stereocenters. The summed E-state index contributed by atoms with van der Waals surface area (Å²) in [5.41, 5.74) is -0.480. The minimum Gasteiger partial charge on any atom is -0.465 e. The molecule has 25 heavy (non-hydrogen) atoms. The predicted molar refractivity (Wildman–Crippen MR) is 110 cm³/mol. The van der Waals surface area contributed by atoms with Crippen LogP contribution < -0.4 is 0 Å². The Kier molecular flexibility index (Phi) is 12.5. The van der Waals surface area contributed by atoms with E-state index in [0.29, 0.717) is 12.5 Å². The second-order valence-electron chi connectivity index (χ2n) is 9.50. The number of carbonyl (C=O) groups excluding carboxylic acids is 1. The molecule has 0 rings (SSSR count). The van der Waals surface area contributed by atoms with Gasteiger partial charge in [0.15, 0.2) is 0 Å². The molecule has 150 valence electrons. The molecule has 2 nitrogen and oxygen atoms in total. The lowest BCUT2D eigenvalue weighted by atomic mass is 9.64. The predicted octanol–water partition coefficient (Wildman–Crippen LogP) is 7.55. The lowest BCUT2D eigenvalue weighted by molar-refractivity contribution is -0.163. The van der Waals surface area contributed by atoms with Gasteiger partial charge in [-0.05, 0) is 31.1 Å². The Morgan fingerprint density at radius 1 is 0.800 bits per heavy atom. The van der Waals surface area contributed by atoms with Crippen molar-refractivity contribution in [1.82, 2.24) is 0 Å². The first-order chi connectivity index (χ1) is 11.6. The maximum Gasteiger partial charge on any atom is 0.312 e. The van der Waals surface area contributed by atoms with Gasteiger partial charge < -0.3 is 4.74 Å². The molecule has 0 amide bonds. The van der Waals surface area contributed by atoms with Crippen molar-refractivity contribution in [2.45, 2.75) is 119 Å². The van der Waals surface area contributed by atoms with E-state index in [0.717, 1.165) is 12.8 Å². The zero-order valence-electron chi connectivity index (χ0n) is 18.4. The molecule has 0 aromatic rings. The van der Waals surface area contributed by atoms with Crippen LogP contribution in [0.1, 0.15) is 119 Å². The first-order valence-electron chi connectivity index (χ1n) is 10.8. The van der Waals surface area contributed by atoms with Gasteiger partial charge in [0, 0.05) is 0 Å². The van der Waals surface area contributed by atoms with Crippen molar-refractivity contribution >= 4 is 5.97 Å². The molecular formula is C23H46O2. The molecule has 0 saturated heterocycles. The summed E-state index contributed by atoms with van der Waals surface area (Å²) in [5, 5.41) is 0. The van der Waals surface area contributed by atoms with Crippen LogP contribution in [0.4, 0.5) is 0 Å². The average Bonchev–Trinajstić information content (AvgIpc) is 2.50. The van der Waals surface area contributed by atoms with Crippen LogP contribution >= 0.6 is 0 Å². The van der Waals surface area contributed by atoms with Gasteiger partial charge in [-0.25, -0.2) is 0 Å². The van der Waals surface area contributed by atoms with Gasteiger partial charge >= 0.3 is 5.97 Å². The monoisotopic (exact) mass is 354 g/mol. The van der Waals surface area contributed by atoms with Crippen molar-refractivity contribution in [2.24, 2.45) is 16.7 Å². The molecule has 0 fully saturated rings. The molecule has 0 bridgehead atoms. The van der Waals surface area contributed by atoms with E-state index in [2.05, 4.69) is 48.5 Å². The van der Waals surface area contributed by atoms with E-state index in [-0.39, 0.29) is 11.4 Å². The highest BCUT2D eigenvalue weighted by Crippen LogP contribution is 2.44. The summed E-state index contributed by atoms with van der Waals surface area (Å²) in [7, 11) is 0. The van der Waals surface area contributed by atoms with Gasteiger partial charge in [-0.2, -0.15) is 0 Å². The number of ether oxygens (including phenoxy) is 1. The smallest absolute Gasteiger partial charge is 0.312 e. The Bertz CT molecular complexity index is 340. The third kappa shape index (κ3) is 10.3. The quantitative estimate of drug-likeness (QED) is 0.238. The molecule has 0 aromatic carbocycles. The topological polar surface area (TPSA) is 26.3 Å².